The number of hydrogen-bond acceptors (Lipinski definition) is 1. The van der Waals surface area contributed by atoms with Gasteiger partial charge in [0.1, 0.15) is 0 Å². The highest BCUT2D eigenvalue weighted by molar-refractivity contribution is 4.90. The van der Waals surface area contributed by atoms with Gasteiger partial charge in [0.25, 0.3) is 0 Å². The lowest BCUT2D eigenvalue weighted by molar-refractivity contribution is 0.125. The minimum atomic E-state index is 0.0168. The molecule has 11 heavy (non-hydrogen) atoms. The summed E-state index contributed by atoms with van der Waals surface area (Å²) in [6.07, 6.45) is 6.67. The maximum atomic E-state index is 9.63. The standard InChI is InChI=1S/C10H18O/c1-7-9-5-3-2-4-8(9)6-10(7)11/h7-11H,2-6H2,1H3/t7-,8?,9?,10?/m0/s1. The molecule has 3 unspecified atom stereocenters. The highest BCUT2D eigenvalue weighted by Crippen LogP contribution is 2.45. The Balaban J connectivity index is 2.05. The van der Waals surface area contributed by atoms with Gasteiger partial charge in [-0.1, -0.05) is 26.2 Å². The van der Waals surface area contributed by atoms with Crippen LogP contribution in [0.15, 0.2) is 0 Å². The monoisotopic (exact) mass is 154 g/mol. The Labute approximate surface area is 68.8 Å². The van der Waals surface area contributed by atoms with Crippen LogP contribution in [0.4, 0.5) is 0 Å². The molecule has 0 aliphatic heterocycles. The number of aliphatic hydroxyl groups excluding tert-OH is 1. The maximum Gasteiger partial charge on any atom is 0.0571 e. The first-order chi connectivity index (χ1) is 5.29. The average Bonchev–Trinajstić information content (AvgIpc) is 2.30. The minimum absolute atomic E-state index is 0.0168. The molecular weight excluding hydrogens is 136 g/mol. The Morgan fingerprint density at radius 2 is 1.91 bits per heavy atom. The highest BCUT2D eigenvalue weighted by atomic mass is 16.3. The molecule has 2 saturated carbocycles. The lowest BCUT2D eigenvalue weighted by Gasteiger charge is -2.27. The first kappa shape index (κ1) is 7.60. The van der Waals surface area contributed by atoms with Gasteiger partial charge in [-0.3, -0.25) is 0 Å². The maximum absolute atomic E-state index is 9.63. The van der Waals surface area contributed by atoms with Crippen LogP contribution in [0.3, 0.4) is 0 Å². The van der Waals surface area contributed by atoms with Crippen molar-refractivity contribution in [2.75, 3.05) is 0 Å². The Bertz CT molecular complexity index is 144. The number of rotatable bonds is 0. The van der Waals surface area contributed by atoms with Gasteiger partial charge in [0.2, 0.25) is 0 Å². The summed E-state index contributed by atoms with van der Waals surface area (Å²) in [5, 5.41) is 9.63. The normalized spacial score (nSPS) is 50.7. The van der Waals surface area contributed by atoms with E-state index in [4.69, 9.17) is 0 Å². The van der Waals surface area contributed by atoms with Crippen LogP contribution in [0.5, 0.6) is 0 Å². The first-order valence-electron chi connectivity index (χ1n) is 4.97. The van der Waals surface area contributed by atoms with Gasteiger partial charge in [0.15, 0.2) is 0 Å². The van der Waals surface area contributed by atoms with Gasteiger partial charge in [0, 0.05) is 0 Å². The van der Waals surface area contributed by atoms with Gasteiger partial charge in [-0.05, 0) is 30.6 Å². The lowest BCUT2D eigenvalue weighted by Crippen LogP contribution is -2.19. The van der Waals surface area contributed by atoms with Crippen molar-refractivity contribution in [1.29, 1.82) is 0 Å². The van der Waals surface area contributed by atoms with E-state index in [1.165, 1.54) is 25.7 Å². The molecule has 0 aromatic rings. The summed E-state index contributed by atoms with van der Waals surface area (Å²) in [7, 11) is 0. The molecule has 0 spiro atoms. The van der Waals surface area contributed by atoms with Crippen molar-refractivity contribution in [1.82, 2.24) is 0 Å². The van der Waals surface area contributed by atoms with Gasteiger partial charge in [-0.2, -0.15) is 0 Å². The van der Waals surface area contributed by atoms with Crippen LogP contribution in [0.1, 0.15) is 39.0 Å². The zero-order chi connectivity index (χ0) is 7.84. The van der Waals surface area contributed by atoms with Gasteiger partial charge >= 0.3 is 0 Å². The largest absolute Gasteiger partial charge is 0.393 e. The molecule has 1 nitrogen and oxygen atoms in total. The molecule has 1 N–H and O–H groups in total. The van der Waals surface area contributed by atoms with E-state index in [0.717, 1.165) is 18.3 Å². The SMILES string of the molecule is C[C@@H]1C(O)CC2CCCCC21. The molecule has 0 bridgehead atoms. The molecular formula is C10H18O. The average molecular weight is 154 g/mol. The Hall–Kier alpha value is -0.0400. The third-order valence-electron chi connectivity index (χ3n) is 3.79. The fourth-order valence-corrected chi connectivity index (χ4v) is 3.03. The van der Waals surface area contributed by atoms with Gasteiger partial charge < -0.3 is 5.11 Å². The molecule has 2 fully saturated rings. The van der Waals surface area contributed by atoms with Crippen molar-refractivity contribution in [3.05, 3.63) is 0 Å². The van der Waals surface area contributed by atoms with Crippen molar-refractivity contribution < 1.29 is 5.11 Å². The third kappa shape index (κ3) is 1.20. The van der Waals surface area contributed by atoms with Crippen LogP contribution in [0.25, 0.3) is 0 Å². The predicted octanol–water partition coefficient (Wildman–Crippen LogP) is 2.19. The van der Waals surface area contributed by atoms with Crippen molar-refractivity contribution in [3.8, 4) is 0 Å². The van der Waals surface area contributed by atoms with Crippen molar-refractivity contribution in [3.63, 3.8) is 0 Å². The van der Waals surface area contributed by atoms with E-state index in [0.29, 0.717) is 5.92 Å². The smallest absolute Gasteiger partial charge is 0.0571 e. The Kier molecular flexibility index (Phi) is 1.92. The molecule has 0 aromatic carbocycles. The fourth-order valence-electron chi connectivity index (χ4n) is 3.03. The summed E-state index contributed by atoms with van der Waals surface area (Å²) in [4.78, 5) is 0. The zero-order valence-corrected chi connectivity index (χ0v) is 7.29. The van der Waals surface area contributed by atoms with Gasteiger partial charge in [-0.15, -0.1) is 0 Å². The summed E-state index contributed by atoms with van der Waals surface area (Å²) in [5.41, 5.74) is 0. The quantitative estimate of drug-likeness (QED) is 0.567. The zero-order valence-electron chi connectivity index (χ0n) is 7.29. The second-order valence-corrected chi connectivity index (χ2v) is 4.37. The number of hydrogen-bond donors (Lipinski definition) is 1. The third-order valence-corrected chi connectivity index (χ3v) is 3.79. The van der Waals surface area contributed by atoms with Crippen LogP contribution >= 0.6 is 0 Å². The van der Waals surface area contributed by atoms with E-state index in [1.807, 2.05) is 0 Å². The van der Waals surface area contributed by atoms with E-state index in [1.54, 1.807) is 0 Å². The van der Waals surface area contributed by atoms with Gasteiger partial charge in [0.05, 0.1) is 6.10 Å². The molecule has 2 aliphatic carbocycles. The van der Waals surface area contributed by atoms with Crippen LogP contribution in [-0.2, 0) is 0 Å². The Morgan fingerprint density at radius 3 is 2.64 bits per heavy atom. The van der Waals surface area contributed by atoms with Crippen molar-refractivity contribution in [2.45, 2.75) is 45.1 Å². The molecule has 1 heteroatoms. The van der Waals surface area contributed by atoms with E-state index >= 15 is 0 Å². The van der Waals surface area contributed by atoms with Crippen LogP contribution < -0.4 is 0 Å². The first-order valence-corrected chi connectivity index (χ1v) is 4.97. The second kappa shape index (κ2) is 2.78. The van der Waals surface area contributed by atoms with Crippen LogP contribution in [0, 0.1) is 17.8 Å². The van der Waals surface area contributed by atoms with E-state index in [2.05, 4.69) is 6.92 Å². The van der Waals surface area contributed by atoms with Gasteiger partial charge in [-0.25, -0.2) is 0 Å². The summed E-state index contributed by atoms with van der Waals surface area (Å²) < 4.78 is 0. The molecule has 2 aliphatic rings. The summed E-state index contributed by atoms with van der Waals surface area (Å²) >= 11 is 0. The summed E-state index contributed by atoms with van der Waals surface area (Å²) in [5.74, 6) is 2.31. The second-order valence-electron chi connectivity index (χ2n) is 4.37. The highest BCUT2D eigenvalue weighted by Gasteiger charge is 2.40. The molecule has 0 aromatic heterocycles. The summed E-state index contributed by atoms with van der Waals surface area (Å²) in [6.45, 7) is 2.22. The van der Waals surface area contributed by atoms with Crippen molar-refractivity contribution in [2.24, 2.45) is 17.8 Å². The molecule has 2 rings (SSSR count). The summed E-state index contributed by atoms with van der Waals surface area (Å²) in [6, 6.07) is 0. The molecule has 0 radical (unpaired) electrons. The van der Waals surface area contributed by atoms with E-state index < -0.39 is 0 Å². The fraction of sp³-hybridized carbons (Fsp3) is 1.00. The topological polar surface area (TPSA) is 20.2 Å². The van der Waals surface area contributed by atoms with Crippen LogP contribution in [-0.4, -0.2) is 11.2 Å². The molecule has 64 valence electrons. The lowest BCUT2D eigenvalue weighted by atomic mass is 9.79. The molecule has 0 saturated heterocycles. The van der Waals surface area contributed by atoms with Crippen molar-refractivity contribution >= 4 is 0 Å². The molecule has 0 amide bonds. The molecule has 4 atom stereocenters. The minimum Gasteiger partial charge on any atom is -0.393 e. The number of aliphatic hydroxyl groups is 1. The Morgan fingerprint density at radius 1 is 1.18 bits per heavy atom. The molecule has 0 heterocycles. The predicted molar refractivity (Wildman–Crippen MR) is 45.2 cm³/mol. The number of fused-ring (bicyclic) bond motifs is 1. The van der Waals surface area contributed by atoms with E-state index in [9.17, 15) is 5.11 Å². The van der Waals surface area contributed by atoms with E-state index in [-0.39, 0.29) is 6.10 Å². The van der Waals surface area contributed by atoms with Crippen LogP contribution in [0.2, 0.25) is 0 Å².